The Morgan fingerprint density at radius 3 is 2.95 bits per heavy atom. The molecule has 1 unspecified atom stereocenters. The van der Waals surface area contributed by atoms with Gasteiger partial charge in [0.1, 0.15) is 5.82 Å². The first-order valence-corrected chi connectivity index (χ1v) is 7.65. The van der Waals surface area contributed by atoms with Crippen LogP contribution in [-0.2, 0) is 6.54 Å². The number of pyridine rings is 1. The molecular weight excluding hydrogens is 246 g/mol. The Kier molecular flexibility index (Phi) is 3.88. The first-order chi connectivity index (χ1) is 9.79. The van der Waals surface area contributed by atoms with Crippen molar-refractivity contribution in [3.63, 3.8) is 0 Å². The molecule has 0 amide bonds. The standard InChI is InChI=1S/C17H23N3/c1-3-18-12-15-11-14-8-4-5-9-16(14)17(19-15)20-10-6-7-13(20)2/h4-5,8-9,11,13,18H,3,6-7,10,12H2,1-2H3. The number of hydrogen-bond acceptors (Lipinski definition) is 3. The zero-order chi connectivity index (χ0) is 13.9. The fourth-order valence-corrected chi connectivity index (χ4v) is 3.05. The van der Waals surface area contributed by atoms with Gasteiger partial charge in [0.25, 0.3) is 0 Å². The number of aromatic nitrogens is 1. The van der Waals surface area contributed by atoms with Crippen molar-refractivity contribution in [2.75, 3.05) is 18.0 Å². The summed E-state index contributed by atoms with van der Waals surface area (Å²) in [5.74, 6) is 1.17. The fraction of sp³-hybridized carbons (Fsp3) is 0.471. The third-order valence-corrected chi connectivity index (χ3v) is 4.15. The van der Waals surface area contributed by atoms with E-state index in [2.05, 4.69) is 54.4 Å². The van der Waals surface area contributed by atoms with Crippen LogP contribution < -0.4 is 10.2 Å². The lowest BCUT2D eigenvalue weighted by Gasteiger charge is -2.25. The van der Waals surface area contributed by atoms with Crippen LogP contribution in [0.1, 0.15) is 32.4 Å². The van der Waals surface area contributed by atoms with Crippen molar-refractivity contribution >= 4 is 16.6 Å². The summed E-state index contributed by atoms with van der Waals surface area (Å²) in [5, 5.41) is 5.95. The van der Waals surface area contributed by atoms with Crippen molar-refractivity contribution in [3.05, 3.63) is 36.0 Å². The summed E-state index contributed by atoms with van der Waals surface area (Å²) >= 11 is 0. The van der Waals surface area contributed by atoms with Gasteiger partial charge >= 0.3 is 0 Å². The molecule has 1 aromatic carbocycles. The number of nitrogens with zero attached hydrogens (tertiary/aromatic N) is 2. The number of anilines is 1. The second kappa shape index (κ2) is 5.80. The molecule has 1 saturated heterocycles. The van der Waals surface area contributed by atoms with E-state index in [0.717, 1.165) is 25.3 Å². The van der Waals surface area contributed by atoms with E-state index >= 15 is 0 Å². The summed E-state index contributed by atoms with van der Waals surface area (Å²) in [5.41, 5.74) is 1.14. The third-order valence-electron chi connectivity index (χ3n) is 4.15. The van der Waals surface area contributed by atoms with Crippen molar-refractivity contribution in [2.45, 2.75) is 39.3 Å². The van der Waals surface area contributed by atoms with Crippen LogP contribution >= 0.6 is 0 Å². The molecule has 2 heterocycles. The van der Waals surface area contributed by atoms with E-state index in [0.29, 0.717) is 6.04 Å². The Labute approximate surface area is 121 Å². The molecule has 2 aromatic rings. The van der Waals surface area contributed by atoms with Gasteiger partial charge in [-0.15, -0.1) is 0 Å². The lowest BCUT2D eigenvalue weighted by atomic mass is 10.1. The van der Waals surface area contributed by atoms with Gasteiger partial charge in [-0.2, -0.15) is 0 Å². The first kappa shape index (κ1) is 13.4. The van der Waals surface area contributed by atoms with Crippen molar-refractivity contribution < 1.29 is 0 Å². The molecule has 3 nitrogen and oxygen atoms in total. The molecular formula is C17H23N3. The van der Waals surface area contributed by atoms with Crippen molar-refractivity contribution in [1.82, 2.24) is 10.3 Å². The topological polar surface area (TPSA) is 28.2 Å². The van der Waals surface area contributed by atoms with Gasteiger partial charge in [-0.25, -0.2) is 4.98 Å². The van der Waals surface area contributed by atoms with E-state index in [9.17, 15) is 0 Å². The lowest BCUT2D eigenvalue weighted by molar-refractivity contribution is 0.700. The monoisotopic (exact) mass is 269 g/mol. The number of benzene rings is 1. The highest BCUT2D eigenvalue weighted by molar-refractivity contribution is 5.92. The van der Waals surface area contributed by atoms with E-state index in [4.69, 9.17) is 4.98 Å². The maximum absolute atomic E-state index is 4.93. The molecule has 3 rings (SSSR count). The van der Waals surface area contributed by atoms with Crippen LogP contribution in [-0.4, -0.2) is 24.1 Å². The van der Waals surface area contributed by atoms with Crippen LogP contribution in [0.3, 0.4) is 0 Å². The number of nitrogens with one attached hydrogen (secondary N) is 1. The molecule has 0 bridgehead atoms. The minimum atomic E-state index is 0.597. The van der Waals surface area contributed by atoms with E-state index < -0.39 is 0 Å². The summed E-state index contributed by atoms with van der Waals surface area (Å²) in [6.45, 7) is 7.38. The molecule has 0 saturated carbocycles. The van der Waals surface area contributed by atoms with Crippen LogP contribution in [0.5, 0.6) is 0 Å². The van der Waals surface area contributed by atoms with Gasteiger partial charge < -0.3 is 10.2 Å². The second-order valence-corrected chi connectivity index (χ2v) is 5.62. The van der Waals surface area contributed by atoms with Crippen LogP contribution in [0.15, 0.2) is 30.3 Å². The van der Waals surface area contributed by atoms with Gasteiger partial charge in [0.05, 0.1) is 5.69 Å². The van der Waals surface area contributed by atoms with Gasteiger partial charge in [-0.05, 0) is 37.8 Å². The summed E-state index contributed by atoms with van der Waals surface area (Å²) in [7, 11) is 0. The van der Waals surface area contributed by atoms with E-state index in [1.54, 1.807) is 0 Å². The normalized spacial score (nSPS) is 18.9. The van der Waals surface area contributed by atoms with Gasteiger partial charge in [0.2, 0.25) is 0 Å². The summed E-state index contributed by atoms with van der Waals surface area (Å²) in [4.78, 5) is 7.40. The molecule has 1 aliphatic rings. The van der Waals surface area contributed by atoms with Crippen LogP contribution in [0.4, 0.5) is 5.82 Å². The number of fused-ring (bicyclic) bond motifs is 1. The molecule has 1 aromatic heterocycles. The van der Waals surface area contributed by atoms with Gasteiger partial charge in [-0.3, -0.25) is 0 Å². The van der Waals surface area contributed by atoms with Crippen molar-refractivity contribution in [3.8, 4) is 0 Å². The molecule has 0 radical (unpaired) electrons. The highest BCUT2D eigenvalue weighted by Gasteiger charge is 2.23. The summed E-state index contributed by atoms with van der Waals surface area (Å²) < 4.78 is 0. The van der Waals surface area contributed by atoms with Crippen LogP contribution in [0, 0.1) is 0 Å². The minimum absolute atomic E-state index is 0.597. The molecule has 1 N–H and O–H groups in total. The average molecular weight is 269 g/mol. The van der Waals surface area contributed by atoms with Crippen LogP contribution in [0.25, 0.3) is 10.8 Å². The van der Waals surface area contributed by atoms with Crippen LogP contribution in [0.2, 0.25) is 0 Å². The minimum Gasteiger partial charge on any atom is -0.353 e. The summed E-state index contributed by atoms with van der Waals surface area (Å²) in [6.07, 6.45) is 2.54. The number of rotatable bonds is 4. The number of hydrogen-bond donors (Lipinski definition) is 1. The Hall–Kier alpha value is -1.61. The Morgan fingerprint density at radius 2 is 2.20 bits per heavy atom. The first-order valence-electron chi connectivity index (χ1n) is 7.65. The SMILES string of the molecule is CCNCc1cc2ccccc2c(N2CCCC2C)n1. The molecule has 0 spiro atoms. The van der Waals surface area contributed by atoms with Crippen molar-refractivity contribution in [1.29, 1.82) is 0 Å². The fourth-order valence-electron chi connectivity index (χ4n) is 3.05. The van der Waals surface area contributed by atoms with Gasteiger partial charge in [0, 0.05) is 24.5 Å². The zero-order valence-corrected chi connectivity index (χ0v) is 12.4. The lowest BCUT2D eigenvalue weighted by Crippen LogP contribution is -2.28. The molecule has 20 heavy (non-hydrogen) atoms. The largest absolute Gasteiger partial charge is 0.353 e. The molecule has 3 heteroatoms. The highest BCUT2D eigenvalue weighted by atomic mass is 15.2. The van der Waals surface area contributed by atoms with Gasteiger partial charge in [-0.1, -0.05) is 31.2 Å². The maximum Gasteiger partial charge on any atom is 0.137 e. The predicted octanol–water partition coefficient (Wildman–Crippen LogP) is 3.33. The third kappa shape index (κ3) is 2.50. The molecule has 106 valence electrons. The molecule has 0 aliphatic carbocycles. The molecule has 1 aliphatic heterocycles. The van der Waals surface area contributed by atoms with E-state index in [-0.39, 0.29) is 0 Å². The molecule has 1 atom stereocenters. The van der Waals surface area contributed by atoms with Crippen molar-refractivity contribution in [2.24, 2.45) is 0 Å². The predicted molar refractivity (Wildman–Crippen MR) is 85.2 cm³/mol. The van der Waals surface area contributed by atoms with Gasteiger partial charge in [0.15, 0.2) is 0 Å². The second-order valence-electron chi connectivity index (χ2n) is 5.62. The highest BCUT2D eigenvalue weighted by Crippen LogP contribution is 2.31. The average Bonchev–Trinajstić information content (AvgIpc) is 2.90. The Morgan fingerprint density at radius 1 is 1.35 bits per heavy atom. The van der Waals surface area contributed by atoms with E-state index in [1.165, 1.54) is 29.4 Å². The Bertz CT molecular complexity index is 594. The quantitative estimate of drug-likeness (QED) is 0.922. The maximum atomic E-state index is 4.93. The Balaban J connectivity index is 2.07. The zero-order valence-electron chi connectivity index (χ0n) is 12.4. The smallest absolute Gasteiger partial charge is 0.137 e. The summed E-state index contributed by atoms with van der Waals surface area (Å²) in [6, 6.07) is 11.4. The molecule has 1 fully saturated rings. The van der Waals surface area contributed by atoms with E-state index in [1.807, 2.05) is 0 Å².